The van der Waals surface area contributed by atoms with Gasteiger partial charge >= 0.3 is 58.4 Å². The maximum atomic E-state index is 13.7. The van der Waals surface area contributed by atoms with Crippen molar-refractivity contribution in [1.29, 1.82) is 0 Å². The molecule has 0 N–H and O–H groups in total. The molecule has 3 aliphatic carbocycles. The topological polar surface area (TPSA) is 0 Å². The Labute approximate surface area is 146 Å². The molecule has 4 rings (SSSR count). The quantitative estimate of drug-likeness (QED) is 0.564. The van der Waals surface area contributed by atoms with Crippen LogP contribution in [0.5, 0.6) is 0 Å². The summed E-state index contributed by atoms with van der Waals surface area (Å²) in [7, 11) is 0. The molecule has 3 aliphatic rings. The third-order valence-corrected chi connectivity index (χ3v) is 4.52. The Morgan fingerprint density at radius 1 is 1.11 bits per heavy atom. The van der Waals surface area contributed by atoms with Gasteiger partial charge in [-0.25, -0.2) is 4.39 Å². The second-order valence-corrected chi connectivity index (χ2v) is 5.68. The first kappa shape index (κ1) is 15.0. The van der Waals surface area contributed by atoms with Gasteiger partial charge in [0, 0.05) is 0 Å². The normalized spacial score (nSPS) is 33.2. The zero-order valence-corrected chi connectivity index (χ0v) is 13.6. The molecule has 0 spiro atoms. The summed E-state index contributed by atoms with van der Waals surface area (Å²) < 4.78 is 52.1. The van der Waals surface area contributed by atoms with Gasteiger partial charge in [0.1, 0.15) is 5.82 Å². The average molecular weight is 282 g/mol. The van der Waals surface area contributed by atoms with Crippen molar-refractivity contribution >= 4 is 6.98 Å². The monoisotopic (exact) mass is 282 g/mol. The van der Waals surface area contributed by atoms with E-state index in [4.69, 9.17) is 0 Å². The number of halogens is 4. The first-order valence-corrected chi connectivity index (χ1v) is 5.75. The van der Waals surface area contributed by atoms with Crippen molar-refractivity contribution in [3.05, 3.63) is 35.1 Å². The molecule has 0 unspecified atom stereocenters. The SMILES string of the molecule is Cc1cccc(F)c1C12CC([B-](F)(F)F)(C1)C2.[K+]. The molecule has 0 radical (unpaired) electrons. The molecular formula is C12H12BF4K. The van der Waals surface area contributed by atoms with Crippen molar-refractivity contribution in [3.8, 4) is 0 Å². The smallest absolute Gasteiger partial charge is 0.449 e. The maximum Gasteiger partial charge on any atom is 1.00 e. The van der Waals surface area contributed by atoms with E-state index in [0.717, 1.165) is 5.56 Å². The molecule has 0 atom stereocenters. The predicted molar refractivity (Wildman–Crippen MR) is 58.4 cm³/mol. The van der Waals surface area contributed by atoms with Gasteiger partial charge < -0.3 is 12.9 Å². The molecule has 92 valence electrons. The zero-order chi connectivity index (χ0) is 12.5. The second-order valence-electron chi connectivity index (χ2n) is 5.68. The van der Waals surface area contributed by atoms with Gasteiger partial charge in [0.2, 0.25) is 0 Å². The molecule has 0 aliphatic heterocycles. The van der Waals surface area contributed by atoms with Gasteiger partial charge in [0.05, 0.1) is 0 Å². The Balaban J connectivity index is 0.00000120. The minimum absolute atomic E-state index is 0. The summed E-state index contributed by atoms with van der Waals surface area (Å²) in [4.78, 5) is 0. The van der Waals surface area contributed by atoms with E-state index in [1.807, 2.05) is 0 Å². The van der Waals surface area contributed by atoms with Gasteiger partial charge in [0.25, 0.3) is 0 Å². The van der Waals surface area contributed by atoms with Crippen LogP contribution in [0.4, 0.5) is 17.3 Å². The molecule has 2 bridgehead atoms. The Bertz CT molecular complexity index is 457. The maximum absolute atomic E-state index is 13.7. The zero-order valence-electron chi connectivity index (χ0n) is 10.4. The van der Waals surface area contributed by atoms with Crippen LogP contribution >= 0.6 is 0 Å². The van der Waals surface area contributed by atoms with Crippen LogP contribution in [0.25, 0.3) is 0 Å². The number of aryl methyl sites for hydroxylation is 1. The van der Waals surface area contributed by atoms with Gasteiger partial charge in [-0.05, 0) is 29.5 Å². The fourth-order valence-electron chi connectivity index (χ4n) is 3.78. The molecule has 1 aromatic carbocycles. The molecule has 6 heteroatoms. The fourth-order valence-corrected chi connectivity index (χ4v) is 3.78. The second kappa shape index (κ2) is 4.32. The molecule has 1 aromatic rings. The molecule has 0 saturated heterocycles. The third kappa shape index (κ3) is 1.79. The van der Waals surface area contributed by atoms with Gasteiger partial charge in [0.15, 0.2) is 0 Å². The third-order valence-electron chi connectivity index (χ3n) is 4.52. The summed E-state index contributed by atoms with van der Waals surface area (Å²) in [5.41, 5.74) is 0.766. The average Bonchev–Trinajstić information content (AvgIpc) is 2.03. The summed E-state index contributed by atoms with van der Waals surface area (Å²) in [5, 5.41) is -1.45. The molecular weight excluding hydrogens is 270 g/mol. The summed E-state index contributed by atoms with van der Waals surface area (Å²) in [6.07, 6.45) is 0.266. The summed E-state index contributed by atoms with van der Waals surface area (Å²) in [6, 6.07) is 4.71. The number of rotatable bonds is 2. The van der Waals surface area contributed by atoms with E-state index in [0.29, 0.717) is 5.56 Å². The summed E-state index contributed by atoms with van der Waals surface area (Å²) in [6.45, 7) is -3.01. The molecule has 18 heavy (non-hydrogen) atoms. The van der Waals surface area contributed by atoms with E-state index in [2.05, 4.69) is 0 Å². The van der Waals surface area contributed by atoms with Gasteiger partial charge in [-0.2, -0.15) is 0 Å². The van der Waals surface area contributed by atoms with Crippen molar-refractivity contribution in [2.45, 2.75) is 36.9 Å². The fraction of sp³-hybridized carbons (Fsp3) is 0.500. The largest absolute Gasteiger partial charge is 1.00 e. The van der Waals surface area contributed by atoms with E-state index >= 15 is 0 Å². The molecule has 3 saturated carbocycles. The first-order valence-electron chi connectivity index (χ1n) is 5.75. The first-order chi connectivity index (χ1) is 7.80. The standard InChI is InChI=1S/C12H12BF4.K/c1-8-3-2-4-9(14)10(8)11-5-12(6-11,7-11)13(15,16)17;/h2-4H,5-7H2,1H3;/q-1;+1. The van der Waals surface area contributed by atoms with E-state index in [1.165, 1.54) is 6.07 Å². The van der Waals surface area contributed by atoms with Crippen molar-refractivity contribution in [2.75, 3.05) is 0 Å². The van der Waals surface area contributed by atoms with Gasteiger partial charge in [-0.1, -0.05) is 36.7 Å². The van der Waals surface area contributed by atoms with Crippen molar-refractivity contribution in [3.63, 3.8) is 0 Å². The van der Waals surface area contributed by atoms with Crippen LogP contribution in [0.15, 0.2) is 18.2 Å². The number of hydrogen-bond donors (Lipinski definition) is 0. The minimum atomic E-state index is -4.78. The van der Waals surface area contributed by atoms with E-state index in [9.17, 15) is 17.3 Å². The van der Waals surface area contributed by atoms with Gasteiger partial charge in [-0.3, -0.25) is 0 Å². The number of benzene rings is 1. The predicted octanol–water partition coefficient (Wildman–Crippen LogP) is 1.16. The van der Waals surface area contributed by atoms with E-state index < -0.39 is 17.7 Å². The minimum Gasteiger partial charge on any atom is -0.449 e. The Kier molecular flexibility index (Phi) is 3.61. The van der Waals surface area contributed by atoms with E-state index in [-0.39, 0.29) is 76.5 Å². The molecule has 0 nitrogen and oxygen atoms in total. The van der Waals surface area contributed by atoms with E-state index in [1.54, 1.807) is 19.1 Å². The van der Waals surface area contributed by atoms with Crippen molar-refractivity contribution in [1.82, 2.24) is 0 Å². The molecule has 3 fully saturated rings. The van der Waals surface area contributed by atoms with Crippen LogP contribution in [-0.4, -0.2) is 6.98 Å². The Hall–Kier alpha value is 0.641. The van der Waals surface area contributed by atoms with Crippen LogP contribution < -0.4 is 51.4 Å². The molecule has 0 aromatic heterocycles. The van der Waals surface area contributed by atoms with Crippen LogP contribution in [-0.2, 0) is 5.41 Å². The van der Waals surface area contributed by atoms with Crippen LogP contribution in [0.2, 0.25) is 5.31 Å². The van der Waals surface area contributed by atoms with Gasteiger partial charge in [-0.15, -0.1) is 0 Å². The van der Waals surface area contributed by atoms with Crippen molar-refractivity contribution < 1.29 is 68.7 Å². The number of hydrogen-bond acceptors (Lipinski definition) is 0. The summed E-state index contributed by atoms with van der Waals surface area (Å²) in [5.74, 6) is -0.354. The molecule has 0 heterocycles. The Morgan fingerprint density at radius 3 is 2.11 bits per heavy atom. The molecule has 0 amide bonds. The van der Waals surface area contributed by atoms with Crippen molar-refractivity contribution in [2.24, 2.45) is 0 Å². The Morgan fingerprint density at radius 2 is 1.67 bits per heavy atom. The summed E-state index contributed by atoms with van der Waals surface area (Å²) >= 11 is 0. The van der Waals surface area contributed by atoms with Crippen LogP contribution in [0.1, 0.15) is 30.4 Å². The van der Waals surface area contributed by atoms with Crippen LogP contribution in [0.3, 0.4) is 0 Å². The van der Waals surface area contributed by atoms with Crippen LogP contribution in [0, 0.1) is 12.7 Å².